The van der Waals surface area contributed by atoms with Gasteiger partial charge < -0.3 is 9.30 Å². The van der Waals surface area contributed by atoms with E-state index < -0.39 is 11.9 Å². The second-order valence-electron chi connectivity index (χ2n) is 7.13. The van der Waals surface area contributed by atoms with Crippen molar-refractivity contribution >= 4 is 28.6 Å². The van der Waals surface area contributed by atoms with E-state index in [1.54, 1.807) is 23.8 Å². The minimum atomic E-state index is -0.627. The Labute approximate surface area is 173 Å². The minimum Gasteiger partial charge on any atom is -0.462 e. The summed E-state index contributed by atoms with van der Waals surface area (Å²) < 4.78 is 8.34. The number of aryl methyl sites for hydroxylation is 2. The molecule has 0 aliphatic carbocycles. The van der Waals surface area contributed by atoms with Crippen LogP contribution in [0, 0.1) is 6.92 Å². The molecule has 158 valence electrons. The molecule has 3 rings (SSSR count). The Balaban J connectivity index is 2.50. The van der Waals surface area contributed by atoms with Gasteiger partial charge in [0.05, 0.1) is 12.0 Å². The van der Waals surface area contributed by atoms with Gasteiger partial charge in [0.25, 0.3) is 5.56 Å². The molecule has 3 aromatic rings. The Hall–Kier alpha value is -3.29. The van der Waals surface area contributed by atoms with E-state index in [9.17, 15) is 14.4 Å². The van der Waals surface area contributed by atoms with E-state index in [4.69, 9.17) is 9.72 Å². The number of aromatic nitrogens is 3. The number of hydrogen-bond donors (Lipinski definition) is 0. The lowest BCUT2D eigenvalue weighted by Crippen LogP contribution is -2.32. The highest BCUT2D eigenvalue weighted by molar-refractivity contribution is 5.93. The molecule has 3 heterocycles. The summed E-state index contributed by atoms with van der Waals surface area (Å²) in [6.45, 7) is 7.62. The van der Waals surface area contributed by atoms with Crippen LogP contribution in [0.25, 0.3) is 16.7 Å². The Morgan fingerprint density at radius 1 is 1.20 bits per heavy atom. The van der Waals surface area contributed by atoms with Crippen molar-refractivity contribution in [3.05, 3.63) is 51.4 Å². The fourth-order valence-corrected chi connectivity index (χ4v) is 3.45. The summed E-state index contributed by atoms with van der Waals surface area (Å²) in [4.78, 5) is 46.6. The number of amides is 1. The third kappa shape index (κ3) is 4.03. The molecule has 0 atom stereocenters. The molecule has 30 heavy (non-hydrogen) atoms. The smallest absolute Gasteiger partial charge is 0.341 e. The number of ether oxygens (including phenoxy) is 1. The average Bonchev–Trinajstić information content (AvgIpc) is 2.70. The second-order valence-corrected chi connectivity index (χ2v) is 7.13. The molecule has 0 unspecified atom stereocenters. The van der Waals surface area contributed by atoms with Crippen molar-refractivity contribution in [2.75, 3.05) is 6.61 Å². The molecule has 0 bridgehead atoms. The van der Waals surface area contributed by atoms with E-state index in [1.165, 1.54) is 17.4 Å². The first-order valence-electron chi connectivity index (χ1n) is 10.2. The van der Waals surface area contributed by atoms with Crippen LogP contribution in [0.2, 0.25) is 0 Å². The zero-order valence-electron chi connectivity index (χ0n) is 17.8. The largest absolute Gasteiger partial charge is 0.462 e. The molecule has 0 saturated heterocycles. The van der Waals surface area contributed by atoms with Crippen LogP contribution in [-0.2, 0) is 16.1 Å². The third-order valence-electron chi connectivity index (χ3n) is 4.85. The van der Waals surface area contributed by atoms with Crippen molar-refractivity contribution < 1.29 is 14.3 Å². The van der Waals surface area contributed by atoms with Gasteiger partial charge in [0.1, 0.15) is 16.9 Å². The van der Waals surface area contributed by atoms with Crippen LogP contribution >= 0.6 is 0 Å². The Morgan fingerprint density at radius 3 is 2.63 bits per heavy atom. The standard InChI is InChI=1S/C22H26N4O4/c1-5-7-8-11-25-19-16(21(28)26-12-9-10-14(3)18(26)24-19)13-17(22(29)30-6-2)20(25)23-15(4)27/h9-10,12-13H,5-8,11H2,1-4H3. The minimum absolute atomic E-state index is 0.0857. The zero-order valence-corrected chi connectivity index (χ0v) is 17.8. The van der Waals surface area contributed by atoms with Gasteiger partial charge in [-0.3, -0.25) is 14.0 Å². The third-order valence-corrected chi connectivity index (χ3v) is 4.85. The maximum Gasteiger partial charge on any atom is 0.341 e. The summed E-state index contributed by atoms with van der Waals surface area (Å²) in [5.74, 6) is -1.07. The molecule has 0 radical (unpaired) electrons. The first-order chi connectivity index (χ1) is 14.4. The summed E-state index contributed by atoms with van der Waals surface area (Å²) in [5, 5.41) is 0.278. The van der Waals surface area contributed by atoms with Crippen molar-refractivity contribution in [3.63, 3.8) is 0 Å². The number of rotatable bonds is 6. The van der Waals surface area contributed by atoms with E-state index in [0.717, 1.165) is 24.8 Å². The normalized spacial score (nSPS) is 11.9. The van der Waals surface area contributed by atoms with E-state index in [2.05, 4.69) is 11.9 Å². The van der Waals surface area contributed by atoms with Crippen molar-refractivity contribution in [2.45, 2.75) is 53.5 Å². The Morgan fingerprint density at radius 2 is 1.97 bits per heavy atom. The quantitative estimate of drug-likeness (QED) is 0.354. The van der Waals surface area contributed by atoms with Crippen molar-refractivity contribution in [3.8, 4) is 0 Å². The topological polar surface area (TPSA) is 95.0 Å². The molecule has 8 heteroatoms. The summed E-state index contributed by atoms with van der Waals surface area (Å²) in [7, 11) is 0. The number of nitrogens with zero attached hydrogens (tertiary/aromatic N) is 4. The lowest BCUT2D eigenvalue weighted by Gasteiger charge is -2.15. The molecule has 0 spiro atoms. The van der Waals surface area contributed by atoms with Gasteiger partial charge >= 0.3 is 5.97 Å². The number of carbonyl (C=O) groups excluding carboxylic acids is 2. The average molecular weight is 410 g/mol. The molecule has 3 aromatic heterocycles. The van der Waals surface area contributed by atoms with E-state index in [0.29, 0.717) is 17.8 Å². The van der Waals surface area contributed by atoms with Crippen LogP contribution in [-0.4, -0.2) is 32.4 Å². The maximum absolute atomic E-state index is 13.2. The molecule has 0 fully saturated rings. The summed E-state index contributed by atoms with van der Waals surface area (Å²) in [6.07, 6.45) is 4.38. The van der Waals surface area contributed by atoms with Crippen molar-refractivity contribution in [2.24, 2.45) is 4.99 Å². The van der Waals surface area contributed by atoms with Gasteiger partial charge in [-0.2, -0.15) is 4.99 Å². The zero-order chi connectivity index (χ0) is 21.8. The number of carbonyl (C=O) groups is 2. The van der Waals surface area contributed by atoms with Crippen LogP contribution in [0.4, 0.5) is 0 Å². The number of fused-ring (bicyclic) bond motifs is 2. The van der Waals surface area contributed by atoms with E-state index in [1.807, 2.05) is 13.0 Å². The van der Waals surface area contributed by atoms with Crippen LogP contribution in [0.3, 0.4) is 0 Å². The number of pyridine rings is 2. The second kappa shape index (κ2) is 9.02. The Bertz CT molecular complexity index is 1250. The van der Waals surface area contributed by atoms with E-state index in [-0.39, 0.29) is 28.6 Å². The van der Waals surface area contributed by atoms with Gasteiger partial charge in [-0.05, 0) is 38.0 Å². The lowest BCUT2D eigenvalue weighted by molar-refractivity contribution is -0.116. The molecule has 0 saturated carbocycles. The lowest BCUT2D eigenvalue weighted by atomic mass is 10.2. The predicted octanol–water partition coefficient (Wildman–Crippen LogP) is 2.77. The first kappa shape index (κ1) is 21.4. The van der Waals surface area contributed by atoms with Crippen LogP contribution in [0.1, 0.15) is 56.0 Å². The van der Waals surface area contributed by atoms with Crippen molar-refractivity contribution in [1.29, 1.82) is 0 Å². The molecule has 0 aromatic carbocycles. The number of hydrogen-bond acceptors (Lipinski definition) is 5. The summed E-state index contributed by atoms with van der Waals surface area (Å²) in [6, 6.07) is 5.09. The predicted molar refractivity (Wildman–Crippen MR) is 113 cm³/mol. The van der Waals surface area contributed by atoms with Gasteiger partial charge in [-0.25, -0.2) is 9.78 Å². The fraction of sp³-hybridized carbons (Fsp3) is 0.409. The van der Waals surface area contributed by atoms with Crippen LogP contribution < -0.4 is 11.0 Å². The van der Waals surface area contributed by atoms with Crippen LogP contribution in [0.15, 0.2) is 34.2 Å². The fourth-order valence-electron chi connectivity index (χ4n) is 3.45. The first-order valence-corrected chi connectivity index (χ1v) is 10.2. The summed E-state index contributed by atoms with van der Waals surface area (Å²) in [5.41, 5.74) is 1.74. The molecule has 0 aliphatic rings. The number of esters is 1. The SMILES string of the molecule is CCCCCn1c(=NC(C)=O)c(C(=O)OCC)cc2c(=O)n3cccc(C)c3nc21. The maximum atomic E-state index is 13.2. The number of unbranched alkanes of at least 4 members (excludes halogenated alkanes) is 2. The van der Waals surface area contributed by atoms with Gasteiger partial charge in [0.2, 0.25) is 5.91 Å². The van der Waals surface area contributed by atoms with Gasteiger partial charge in [-0.1, -0.05) is 25.8 Å². The van der Waals surface area contributed by atoms with Crippen molar-refractivity contribution in [1.82, 2.24) is 14.0 Å². The molecule has 0 N–H and O–H groups in total. The van der Waals surface area contributed by atoms with E-state index >= 15 is 0 Å². The van der Waals surface area contributed by atoms with Crippen LogP contribution in [0.5, 0.6) is 0 Å². The van der Waals surface area contributed by atoms with Gasteiger partial charge in [0.15, 0.2) is 5.49 Å². The highest BCUT2D eigenvalue weighted by Crippen LogP contribution is 2.14. The van der Waals surface area contributed by atoms with Gasteiger partial charge in [-0.15, -0.1) is 0 Å². The highest BCUT2D eigenvalue weighted by atomic mass is 16.5. The molecular formula is C22H26N4O4. The molecule has 8 nitrogen and oxygen atoms in total. The highest BCUT2D eigenvalue weighted by Gasteiger charge is 2.19. The monoisotopic (exact) mass is 410 g/mol. The Kier molecular flexibility index (Phi) is 6.44. The molecular weight excluding hydrogens is 384 g/mol. The summed E-state index contributed by atoms with van der Waals surface area (Å²) >= 11 is 0. The van der Waals surface area contributed by atoms with Gasteiger partial charge in [0, 0.05) is 19.7 Å². The molecule has 1 amide bonds. The molecule has 0 aliphatic heterocycles.